The third-order valence-electron chi connectivity index (χ3n) is 2.58. The first-order valence-corrected chi connectivity index (χ1v) is 5.79. The molecule has 0 saturated carbocycles. The predicted octanol–water partition coefficient (Wildman–Crippen LogP) is -0.292. The molecule has 0 atom stereocenters. The van der Waals surface area contributed by atoms with Gasteiger partial charge in [0, 0.05) is 27.3 Å². The van der Waals surface area contributed by atoms with Gasteiger partial charge in [-0.25, -0.2) is 4.68 Å². The number of carbonyl (C=O) groups is 1. The van der Waals surface area contributed by atoms with Crippen LogP contribution in [0, 0.1) is 6.92 Å². The Balaban J connectivity index is 2.55. The molecule has 102 valence electrons. The summed E-state index contributed by atoms with van der Waals surface area (Å²) >= 11 is 0. The van der Waals surface area contributed by atoms with Gasteiger partial charge in [-0.1, -0.05) is 5.21 Å². The minimum Gasteiger partial charge on any atom is -0.383 e. The van der Waals surface area contributed by atoms with Gasteiger partial charge in [-0.15, -0.1) is 5.10 Å². The normalized spacial score (nSPS) is 10.6. The van der Waals surface area contributed by atoms with Crippen molar-refractivity contribution < 1.29 is 14.3 Å². The smallest absolute Gasteiger partial charge is 0.244 e. The number of nitrogens with zero attached hydrogens (tertiary/aromatic N) is 4. The molecular weight excluding hydrogens is 236 g/mol. The molecule has 0 saturated heterocycles. The van der Waals surface area contributed by atoms with E-state index in [1.165, 1.54) is 0 Å². The van der Waals surface area contributed by atoms with E-state index in [1.54, 1.807) is 30.0 Å². The molecule has 0 unspecified atom stereocenters. The van der Waals surface area contributed by atoms with Crippen molar-refractivity contribution in [3.05, 3.63) is 11.9 Å². The number of rotatable bonds is 8. The van der Waals surface area contributed by atoms with Crippen molar-refractivity contribution in [2.75, 3.05) is 40.5 Å². The highest BCUT2D eigenvalue weighted by Gasteiger charge is 2.14. The number of amides is 1. The van der Waals surface area contributed by atoms with Gasteiger partial charge >= 0.3 is 0 Å². The van der Waals surface area contributed by atoms with Gasteiger partial charge in [0.2, 0.25) is 5.91 Å². The average molecular weight is 256 g/mol. The Morgan fingerprint density at radius 1 is 1.33 bits per heavy atom. The highest BCUT2D eigenvalue weighted by atomic mass is 16.5. The van der Waals surface area contributed by atoms with Crippen molar-refractivity contribution in [1.29, 1.82) is 0 Å². The van der Waals surface area contributed by atoms with Crippen LogP contribution in [0.25, 0.3) is 0 Å². The number of aryl methyl sites for hydroxylation is 1. The molecule has 0 aromatic carbocycles. The maximum atomic E-state index is 12.1. The average Bonchev–Trinajstić information content (AvgIpc) is 2.75. The van der Waals surface area contributed by atoms with Gasteiger partial charge in [-0.2, -0.15) is 0 Å². The van der Waals surface area contributed by atoms with E-state index >= 15 is 0 Å². The van der Waals surface area contributed by atoms with E-state index in [9.17, 15) is 4.79 Å². The fourth-order valence-corrected chi connectivity index (χ4v) is 1.46. The summed E-state index contributed by atoms with van der Waals surface area (Å²) in [4.78, 5) is 13.8. The van der Waals surface area contributed by atoms with Crippen molar-refractivity contribution in [2.45, 2.75) is 13.5 Å². The summed E-state index contributed by atoms with van der Waals surface area (Å²) in [7, 11) is 3.22. The van der Waals surface area contributed by atoms with Crippen molar-refractivity contribution in [3.63, 3.8) is 0 Å². The zero-order chi connectivity index (χ0) is 13.4. The number of hydrogen-bond acceptors (Lipinski definition) is 5. The second-order valence-electron chi connectivity index (χ2n) is 3.90. The maximum absolute atomic E-state index is 12.1. The Hall–Kier alpha value is -1.47. The lowest BCUT2D eigenvalue weighted by molar-refractivity contribution is -0.133. The lowest BCUT2D eigenvalue weighted by Gasteiger charge is -2.22. The molecule has 0 aliphatic heterocycles. The number of methoxy groups -OCH3 is 2. The summed E-state index contributed by atoms with van der Waals surface area (Å²) in [6.45, 7) is 4.16. The molecule has 1 aromatic rings. The van der Waals surface area contributed by atoms with Crippen LogP contribution in [0.2, 0.25) is 0 Å². The largest absolute Gasteiger partial charge is 0.383 e. The van der Waals surface area contributed by atoms with Crippen LogP contribution in [0.15, 0.2) is 6.20 Å². The van der Waals surface area contributed by atoms with E-state index < -0.39 is 0 Å². The molecule has 0 fully saturated rings. The van der Waals surface area contributed by atoms with Crippen LogP contribution in [0.5, 0.6) is 0 Å². The van der Waals surface area contributed by atoms with Gasteiger partial charge in [-0.05, 0) is 6.92 Å². The van der Waals surface area contributed by atoms with E-state index in [4.69, 9.17) is 9.47 Å². The van der Waals surface area contributed by atoms with Crippen LogP contribution in [-0.4, -0.2) is 66.3 Å². The molecule has 1 heterocycles. The van der Waals surface area contributed by atoms with Crippen LogP contribution >= 0.6 is 0 Å². The minimum atomic E-state index is -0.0160. The highest BCUT2D eigenvalue weighted by molar-refractivity contribution is 5.75. The predicted molar refractivity (Wildman–Crippen MR) is 65.1 cm³/mol. The summed E-state index contributed by atoms with van der Waals surface area (Å²) in [5.74, 6) is -0.0160. The maximum Gasteiger partial charge on any atom is 0.244 e. The summed E-state index contributed by atoms with van der Waals surface area (Å²) in [6, 6.07) is 0. The molecule has 7 heteroatoms. The number of carbonyl (C=O) groups excluding carboxylic acids is 1. The summed E-state index contributed by atoms with van der Waals surface area (Å²) in [6.07, 6.45) is 1.63. The zero-order valence-electron chi connectivity index (χ0n) is 11.1. The van der Waals surface area contributed by atoms with Crippen molar-refractivity contribution in [2.24, 2.45) is 0 Å². The van der Waals surface area contributed by atoms with Crippen LogP contribution in [0.4, 0.5) is 0 Å². The van der Waals surface area contributed by atoms with Crippen LogP contribution in [-0.2, 0) is 20.8 Å². The summed E-state index contributed by atoms with van der Waals surface area (Å²) < 4.78 is 11.6. The summed E-state index contributed by atoms with van der Waals surface area (Å²) in [5, 5.41) is 7.61. The van der Waals surface area contributed by atoms with Gasteiger partial charge in [0.05, 0.1) is 25.1 Å². The molecule has 1 amide bonds. The minimum absolute atomic E-state index is 0.0160. The highest BCUT2D eigenvalue weighted by Crippen LogP contribution is 1.97. The summed E-state index contributed by atoms with van der Waals surface area (Å²) in [5.41, 5.74) is 0.863. The lowest BCUT2D eigenvalue weighted by atomic mass is 10.4. The molecule has 0 spiro atoms. The van der Waals surface area contributed by atoms with Crippen molar-refractivity contribution in [3.8, 4) is 0 Å². The Labute approximate surface area is 107 Å². The molecule has 1 aromatic heterocycles. The van der Waals surface area contributed by atoms with Crippen LogP contribution < -0.4 is 0 Å². The quantitative estimate of drug-likeness (QED) is 0.639. The van der Waals surface area contributed by atoms with E-state index in [0.717, 1.165) is 5.69 Å². The van der Waals surface area contributed by atoms with E-state index in [0.29, 0.717) is 26.3 Å². The number of ether oxygens (including phenoxy) is 2. The molecule has 0 aliphatic rings. The van der Waals surface area contributed by atoms with Gasteiger partial charge in [0.15, 0.2) is 0 Å². The molecule has 0 N–H and O–H groups in total. The van der Waals surface area contributed by atoms with Gasteiger partial charge < -0.3 is 14.4 Å². The van der Waals surface area contributed by atoms with E-state index in [1.807, 2.05) is 6.92 Å². The Kier molecular flexibility index (Phi) is 6.31. The second-order valence-corrected chi connectivity index (χ2v) is 3.90. The molecule has 0 bridgehead atoms. The van der Waals surface area contributed by atoms with Crippen LogP contribution in [0.3, 0.4) is 0 Å². The monoisotopic (exact) mass is 256 g/mol. The molecule has 18 heavy (non-hydrogen) atoms. The van der Waals surface area contributed by atoms with E-state index in [-0.39, 0.29) is 12.5 Å². The van der Waals surface area contributed by atoms with Gasteiger partial charge in [0.25, 0.3) is 0 Å². The Bertz CT molecular complexity index is 359. The molecular formula is C11H20N4O3. The molecule has 7 nitrogen and oxygen atoms in total. The Morgan fingerprint density at radius 2 is 1.94 bits per heavy atom. The number of aromatic nitrogens is 3. The Morgan fingerprint density at radius 3 is 2.39 bits per heavy atom. The number of hydrogen-bond donors (Lipinski definition) is 0. The molecule has 0 radical (unpaired) electrons. The SMILES string of the molecule is COCCN(CCOC)C(=O)Cn1nncc1C. The van der Waals surface area contributed by atoms with E-state index in [2.05, 4.69) is 10.3 Å². The molecule has 0 aliphatic carbocycles. The first-order valence-electron chi connectivity index (χ1n) is 5.79. The standard InChI is InChI=1S/C11H20N4O3/c1-10-8-12-13-15(10)9-11(16)14(4-6-17-2)5-7-18-3/h8H,4-7,9H2,1-3H3. The van der Waals surface area contributed by atoms with Crippen LogP contribution in [0.1, 0.15) is 5.69 Å². The molecule has 1 rings (SSSR count). The zero-order valence-corrected chi connectivity index (χ0v) is 11.1. The first-order chi connectivity index (χ1) is 8.69. The fraction of sp³-hybridized carbons (Fsp3) is 0.727. The topological polar surface area (TPSA) is 69.5 Å². The fourth-order valence-electron chi connectivity index (χ4n) is 1.46. The van der Waals surface area contributed by atoms with Gasteiger partial charge in [-0.3, -0.25) is 4.79 Å². The second kappa shape index (κ2) is 7.78. The third kappa shape index (κ3) is 4.42. The lowest BCUT2D eigenvalue weighted by Crippen LogP contribution is -2.38. The third-order valence-corrected chi connectivity index (χ3v) is 2.58. The first kappa shape index (κ1) is 14.6. The van der Waals surface area contributed by atoms with Crippen molar-refractivity contribution in [1.82, 2.24) is 19.9 Å². The van der Waals surface area contributed by atoms with Crippen molar-refractivity contribution >= 4 is 5.91 Å². The van der Waals surface area contributed by atoms with Gasteiger partial charge in [0.1, 0.15) is 6.54 Å².